The molecule has 2 aliphatic rings. The van der Waals surface area contributed by atoms with E-state index in [1.54, 1.807) is 6.07 Å². The molecule has 0 spiro atoms. The number of hydrogen-bond donors (Lipinski definition) is 1. The number of benzene rings is 2. The number of fused-ring (bicyclic) bond motifs is 2. The molecule has 0 bridgehead atoms. The van der Waals surface area contributed by atoms with E-state index in [0.717, 1.165) is 6.26 Å². The Balaban J connectivity index is 2.01. The van der Waals surface area contributed by atoms with Crippen LogP contribution in [0.25, 0.3) is 0 Å². The average molecular weight is 442 g/mol. The van der Waals surface area contributed by atoms with Crippen LogP contribution in [-0.4, -0.2) is 25.4 Å². The minimum atomic E-state index is -3.79. The monoisotopic (exact) mass is 442 g/mol. The first-order chi connectivity index (χ1) is 14.5. The van der Waals surface area contributed by atoms with Crippen molar-refractivity contribution in [1.82, 2.24) is 0 Å². The van der Waals surface area contributed by atoms with Crippen molar-refractivity contribution in [3.05, 3.63) is 63.5 Å². The highest BCUT2D eigenvalue weighted by molar-refractivity contribution is 7.90. The van der Waals surface area contributed by atoms with Crippen molar-refractivity contribution in [2.45, 2.75) is 54.7 Å². The van der Waals surface area contributed by atoms with E-state index in [9.17, 15) is 28.4 Å². The Labute approximate surface area is 179 Å². The zero-order chi connectivity index (χ0) is 22.7. The van der Waals surface area contributed by atoms with Crippen LogP contribution in [0, 0.1) is 28.5 Å². The molecule has 0 fully saturated rings. The van der Waals surface area contributed by atoms with Crippen LogP contribution >= 0.6 is 0 Å². The second kappa shape index (κ2) is 7.12. The zero-order valence-electron chi connectivity index (χ0n) is 17.0. The number of hydrogen-bond acceptors (Lipinski definition) is 5. The van der Waals surface area contributed by atoms with Gasteiger partial charge in [-0.25, -0.2) is 17.2 Å². The molecular formula is C23H20F2N2O3S. The second-order valence-corrected chi connectivity index (χ2v) is 10.5. The van der Waals surface area contributed by atoms with Gasteiger partial charge in [-0.15, -0.1) is 0 Å². The third-order valence-corrected chi connectivity index (χ3v) is 7.67. The van der Waals surface area contributed by atoms with Crippen LogP contribution in [0.15, 0.2) is 29.2 Å². The third kappa shape index (κ3) is 3.22. The van der Waals surface area contributed by atoms with Gasteiger partial charge in [0.15, 0.2) is 9.84 Å². The van der Waals surface area contributed by atoms with Crippen molar-refractivity contribution in [1.29, 1.82) is 10.5 Å². The first-order valence-electron chi connectivity index (χ1n) is 9.89. The van der Waals surface area contributed by atoms with Gasteiger partial charge < -0.3 is 5.11 Å². The lowest BCUT2D eigenvalue weighted by Gasteiger charge is -2.32. The van der Waals surface area contributed by atoms with Gasteiger partial charge in [0, 0.05) is 24.2 Å². The summed E-state index contributed by atoms with van der Waals surface area (Å²) in [5, 5.41) is 29.6. The molecule has 5 nitrogen and oxygen atoms in total. The largest absolute Gasteiger partial charge is 0.384 e. The van der Waals surface area contributed by atoms with Gasteiger partial charge in [-0.1, -0.05) is 13.0 Å². The summed E-state index contributed by atoms with van der Waals surface area (Å²) in [5.74, 6) is -0.900. The summed E-state index contributed by atoms with van der Waals surface area (Å²) in [4.78, 5) is -0.211. The molecule has 8 heteroatoms. The molecule has 0 saturated heterocycles. The molecule has 0 amide bonds. The smallest absolute Gasteiger partial charge is 0.229 e. The number of aliphatic hydroxyl groups excluding tert-OH is 1. The van der Waals surface area contributed by atoms with Gasteiger partial charge in [-0.3, -0.25) is 0 Å². The van der Waals surface area contributed by atoms with E-state index in [-0.39, 0.29) is 27.5 Å². The second-order valence-electron chi connectivity index (χ2n) is 8.47. The third-order valence-electron chi connectivity index (χ3n) is 6.52. The Bertz CT molecular complexity index is 1290. The standard InChI is InChI=1S/C23H20F2N2O3S/c1-12-3-4-16(20-13(10-26)7-14(24)8-17(12)20)15-5-6-19(31(2,29)30)21-18(15)9-23(25,11-27)22(21)28/h5-8,12,16,22,28H,3-4,9H2,1-2H3/t12-,16-,22+,23+/m1/s1. The Hall–Kier alpha value is -2.81. The fourth-order valence-electron chi connectivity index (χ4n) is 5.05. The lowest BCUT2D eigenvalue weighted by molar-refractivity contribution is 0.0433. The molecule has 0 unspecified atom stereocenters. The van der Waals surface area contributed by atoms with E-state index >= 15 is 4.39 Å². The van der Waals surface area contributed by atoms with Crippen molar-refractivity contribution >= 4 is 9.84 Å². The van der Waals surface area contributed by atoms with Gasteiger partial charge in [0.05, 0.1) is 16.5 Å². The van der Waals surface area contributed by atoms with Gasteiger partial charge in [-0.05, 0) is 59.2 Å². The maximum atomic E-state index is 15.2. The van der Waals surface area contributed by atoms with Crippen molar-refractivity contribution in [2.24, 2.45) is 0 Å². The molecule has 1 N–H and O–H groups in total. The van der Waals surface area contributed by atoms with Crippen LogP contribution in [0.5, 0.6) is 0 Å². The molecule has 31 heavy (non-hydrogen) atoms. The number of aliphatic hydroxyl groups is 1. The van der Waals surface area contributed by atoms with Crippen LogP contribution in [0.3, 0.4) is 0 Å². The summed E-state index contributed by atoms with van der Waals surface area (Å²) in [6.07, 6.45) is -0.114. The Morgan fingerprint density at radius 2 is 1.87 bits per heavy atom. The highest BCUT2D eigenvalue weighted by atomic mass is 32.2. The van der Waals surface area contributed by atoms with Gasteiger partial charge in [0.2, 0.25) is 5.67 Å². The summed E-state index contributed by atoms with van der Waals surface area (Å²) in [6.45, 7) is 1.94. The van der Waals surface area contributed by atoms with Gasteiger partial charge in [-0.2, -0.15) is 10.5 Å². The van der Waals surface area contributed by atoms with E-state index in [1.165, 1.54) is 24.3 Å². The van der Waals surface area contributed by atoms with Crippen molar-refractivity contribution in [3.8, 4) is 12.1 Å². The van der Waals surface area contributed by atoms with Crippen LogP contribution in [0.4, 0.5) is 8.78 Å². The maximum Gasteiger partial charge on any atom is 0.229 e. The van der Waals surface area contributed by atoms with E-state index in [2.05, 4.69) is 0 Å². The predicted molar refractivity (Wildman–Crippen MR) is 108 cm³/mol. The molecule has 2 aromatic carbocycles. The molecule has 2 aromatic rings. The molecule has 0 saturated carbocycles. The summed E-state index contributed by atoms with van der Waals surface area (Å²) < 4.78 is 53.9. The summed E-state index contributed by atoms with van der Waals surface area (Å²) in [5.41, 5.74) is -0.393. The molecule has 4 atom stereocenters. The zero-order valence-corrected chi connectivity index (χ0v) is 17.8. The number of nitrogens with zero attached hydrogens (tertiary/aromatic N) is 2. The Morgan fingerprint density at radius 3 is 2.48 bits per heavy atom. The Morgan fingerprint density at radius 1 is 1.16 bits per heavy atom. The topological polar surface area (TPSA) is 102 Å². The first-order valence-corrected chi connectivity index (χ1v) is 11.8. The van der Waals surface area contributed by atoms with Crippen LogP contribution in [0.1, 0.15) is 71.1 Å². The van der Waals surface area contributed by atoms with E-state index in [0.29, 0.717) is 29.5 Å². The predicted octanol–water partition coefficient (Wildman–Crippen LogP) is 3.95. The number of alkyl halides is 1. The first kappa shape index (κ1) is 21.4. The van der Waals surface area contributed by atoms with Gasteiger partial charge in [0.25, 0.3) is 0 Å². The summed E-state index contributed by atoms with van der Waals surface area (Å²) >= 11 is 0. The fourth-order valence-corrected chi connectivity index (χ4v) is 6.00. The highest BCUT2D eigenvalue weighted by Gasteiger charge is 2.50. The van der Waals surface area contributed by atoms with E-state index < -0.39 is 39.8 Å². The number of nitriles is 2. The molecule has 0 aliphatic heterocycles. The van der Waals surface area contributed by atoms with Crippen LogP contribution in [0.2, 0.25) is 0 Å². The minimum absolute atomic E-state index is 0.0161. The highest BCUT2D eigenvalue weighted by Crippen LogP contribution is 2.51. The van der Waals surface area contributed by atoms with Crippen LogP contribution in [-0.2, 0) is 16.3 Å². The normalized spacial score (nSPS) is 27.1. The van der Waals surface area contributed by atoms with Gasteiger partial charge in [0.1, 0.15) is 18.0 Å². The quantitative estimate of drug-likeness (QED) is 0.759. The van der Waals surface area contributed by atoms with E-state index in [4.69, 9.17) is 0 Å². The van der Waals surface area contributed by atoms with Crippen molar-refractivity contribution in [3.63, 3.8) is 0 Å². The SMILES string of the molecule is C[C@@H]1CC[C@H](c2ccc(S(C)(=O)=O)c3c2C[C@](F)(C#N)[C@H]3O)c2c(C#N)cc(F)cc21. The van der Waals surface area contributed by atoms with Crippen molar-refractivity contribution in [2.75, 3.05) is 6.26 Å². The molecule has 160 valence electrons. The maximum absolute atomic E-state index is 15.2. The molecular weight excluding hydrogens is 422 g/mol. The van der Waals surface area contributed by atoms with Crippen molar-refractivity contribution < 1.29 is 22.3 Å². The minimum Gasteiger partial charge on any atom is -0.384 e. The number of halogens is 2. The molecule has 0 radical (unpaired) electrons. The number of rotatable bonds is 2. The Kier molecular flexibility index (Phi) is 4.92. The summed E-state index contributed by atoms with van der Waals surface area (Å²) in [6, 6.07) is 8.99. The fraction of sp³-hybridized carbons (Fsp3) is 0.391. The van der Waals surface area contributed by atoms with Gasteiger partial charge >= 0.3 is 0 Å². The lowest BCUT2D eigenvalue weighted by atomic mass is 9.71. The average Bonchev–Trinajstić information content (AvgIpc) is 2.98. The lowest BCUT2D eigenvalue weighted by Crippen LogP contribution is -2.26. The van der Waals surface area contributed by atoms with E-state index in [1.807, 2.05) is 13.0 Å². The molecule has 0 aromatic heterocycles. The van der Waals surface area contributed by atoms with Crippen LogP contribution < -0.4 is 0 Å². The molecule has 2 aliphatic carbocycles. The number of sulfone groups is 1. The summed E-state index contributed by atoms with van der Waals surface area (Å²) in [7, 11) is -3.79. The molecule has 4 rings (SSSR count). The molecule has 0 heterocycles.